The Morgan fingerprint density at radius 3 is 2.26 bits per heavy atom. The number of likely N-dealkylation sites (tertiary alicyclic amines) is 1. The van der Waals surface area contributed by atoms with Gasteiger partial charge in [-0.15, -0.1) is 0 Å². The molecule has 0 atom stereocenters. The highest BCUT2D eigenvalue weighted by atomic mass is 16.2. The first kappa shape index (κ1) is 17.3. The Kier molecular flexibility index (Phi) is 6.02. The van der Waals surface area contributed by atoms with Crippen LogP contribution in [0.2, 0.25) is 0 Å². The lowest BCUT2D eigenvalue weighted by Crippen LogP contribution is -2.48. The highest BCUT2D eigenvalue weighted by molar-refractivity contribution is 5.94. The molecule has 0 spiro atoms. The molecule has 1 aliphatic rings. The Morgan fingerprint density at radius 2 is 1.74 bits per heavy atom. The minimum atomic E-state index is -0.0743. The van der Waals surface area contributed by atoms with Crippen LogP contribution < -0.4 is 11.1 Å². The standard InChI is InChI=1S/C18H27N3O2/c1-3-13(4-2)18(23)21-11-9-16(10-12-21)20-17(22)14-5-7-15(19)8-6-14/h5-8,13,16H,3-4,9-12,19H2,1-2H3,(H,20,22). The smallest absolute Gasteiger partial charge is 0.251 e. The van der Waals surface area contributed by atoms with Crippen LogP contribution in [-0.2, 0) is 4.79 Å². The van der Waals surface area contributed by atoms with Crippen LogP contribution in [0.5, 0.6) is 0 Å². The van der Waals surface area contributed by atoms with E-state index in [-0.39, 0.29) is 23.8 Å². The highest BCUT2D eigenvalue weighted by Gasteiger charge is 2.27. The van der Waals surface area contributed by atoms with Gasteiger partial charge in [0.25, 0.3) is 5.91 Å². The molecule has 5 nitrogen and oxygen atoms in total. The largest absolute Gasteiger partial charge is 0.399 e. The molecule has 0 radical (unpaired) electrons. The molecule has 0 aromatic heterocycles. The van der Waals surface area contributed by atoms with Crippen molar-refractivity contribution in [2.75, 3.05) is 18.8 Å². The fraction of sp³-hybridized carbons (Fsp3) is 0.556. The maximum atomic E-state index is 12.4. The molecule has 2 amide bonds. The molecule has 1 heterocycles. The zero-order chi connectivity index (χ0) is 16.8. The minimum absolute atomic E-state index is 0.0743. The Labute approximate surface area is 138 Å². The lowest BCUT2D eigenvalue weighted by Gasteiger charge is -2.34. The first-order chi connectivity index (χ1) is 11.0. The van der Waals surface area contributed by atoms with E-state index in [0.717, 1.165) is 38.8 Å². The minimum Gasteiger partial charge on any atom is -0.399 e. The van der Waals surface area contributed by atoms with Crippen molar-refractivity contribution in [3.8, 4) is 0 Å². The number of nitrogens with two attached hydrogens (primary N) is 1. The number of hydrogen-bond donors (Lipinski definition) is 2. The van der Waals surface area contributed by atoms with E-state index in [9.17, 15) is 9.59 Å². The van der Waals surface area contributed by atoms with E-state index in [0.29, 0.717) is 11.3 Å². The molecule has 0 bridgehead atoms. The topological polar surface area (TPSA) is 75.4 Å². The average molecular weight is 317 g/mol. The fourth-order valence-electron chi connectivity index (χ4n) is 3.04. The molecule has 3 N–H and O–H groups in total. The number of hydrogen-bond acceptors (Lipinski definition) is 3. The predicted octanol–water partition coefficient (Wildman–Crippen LogP) is 2.43. The number of nitrogens with one attached hydrogen (secondary N) is 1. The van der Waals surface area contributed by atoms with Gasteiger partial charge < -0.3 is 16.0 Å². The molecule has 0 unspecified atom stereocenters. The highest BCUT2D eigenvalue weighted by Crippen LogP contribution is 2.17. The van der Waals surface area contributed by atoms with Gasteiger partial charge in [0.1, 0.15) is 0 Å². The van der Waals surface area contributed by atoms with Crippen molar-refractivity contribution in [1.29, 1.82) is 0 Å². The van der Waals surface area contributed by atoms with Crippen molar-refractivity contribution in [3.63, 3.8) is 0 Å². The molecule has 1 fully saturated rings. The van der Waals surface area contributed by atoms with Gasteiger partial charge in [-0.2, -0.15) is 0 Å². The second kappa shape index (κ2) is 7.99. The zero-order valence-electron chi connectivity index (χ0n) is 14.0. The Balaban J connectivity index is 1.83. The lowest BCUT2D eigenvalue weighted by molar-refractivity contribution is -0.136. The summed E-state index contributed by atoms with van der Waals surface area (Å²) in [6, 6.07) is 7.05. The third-order valence-electron chi connectivity index (χ3n) is 4.65. The maximum Gasteiger partial charge on any atom is 0.251 e. The van der Waals surface area contributed by atoms with Gasteiger partial charge in [-0.25, -0.2) is 0 Å². The predicted molar refractivity (Wildman–Crippen MR) is 92.0 cm³/mol. The SMILES string of the molecule is CCC(CC)C(=O)N1CCC(NC(=O)c2ccc(N)cc2)CC1. The van der Waals surface area contributed by atoms with E-state index in [1.54, 1.807) is 24.3 Å². The summed E-state index contributed by atoms with van der Waals surface area (Å²) in [6.45, 7) is 5.57. The number of piperidine rings is 1. The zero-order valence-corrected chi connectivity index (χ0v) is 14.0. The summed E-state index contributed by atoms with van der Waals surface area (Å²) >= 11 is 0. The van der Waals surface area contributed by atoms with Crippen LogP contribution in [0.3, 0.4) is 0 Å². The summed E-state index contributed by atoms with van der Waals surface area (Å²) < 4.78 is 0. The number of anilines is 1. The van der Waals surface area contributed by atoms with Gasteiger partial charge in [-0.05, 0) is 49.9 Å². The summed E-state index contributed by atoms with van der Waals surface area (Å²) in [4.78, 5) is 26.5. The van der Waals surface area contributed by atoms with Crippen molar-refractivity contribution >= 4 is 17.5 Å². The van der Waals surface area contributed by atoms with Gasteiger partial charge in [0.15, 0.2) is 0 Å². The number of carbonyl (C=O) groups excluding carboxylic acids is 2. The fourth-order valence-corrected chi connectivity index (χ4v) is 3.04. The summed E-state index contributed by atoms with van der Waals surface area (Å²) in [7, 11) is 0. The third-order valence-corrected chi connectivity index (χ3v) is 4.65. The van der Waals surface area contributed by atoms with Crippen molar-refractivity contribution < 1.29 is 9.59 Å². The summed E-state index contributed by atoms with van der Waals surface area (Å²) in [5.41, 5.74) is 6.90. The Morgan fingerprint density at radius 1 is 1.17 bits per heavy atom. The van der Waals surface area contributed by atoms with Crippen molar-refractivity contribution in [2.45, 2.75) is 45.6 Å². The summed E-state index contributed by atoms with van der Waals surface area (Å²) in [5, 5.41) is 3.05. The summed E-state index contributed by atoms with van der Waals surface area (Å²) in [6.07, 6.45) is 3.41. The molecule has 5 heteroatoms. The van der Waals surface area contributed by atoms with E-state index in [1.165, 1.54) is 0 Å². The van der Waals surface area contributed by atoms with Gasteiger partial charge in [-0.3, -0.25) is 9.59 Å². The molecule has 2 rings (SSSR count). The molecule has 1 aliphatic heterocycles. The molecular formula is C18H27N3O2. The van der Waals surface area contributed by atoms with Crippen LogP contribution in [0.1, 0.15) is 49.9 Å². The lowest BCUT2D eigenvalue weighted by atomic mass is 9.98. The Hall–Kier alpha value is -2.04. The molecule has 0 aliphatic carbocycles. The van der Waals surface area contributed by atoms with Crippen LogP contribution in [0.25, 0.3) is 0 Å². The maximum absolute atomic E-state index is 12.4. The van der Waals surface area contributed by atoms with Gasteiger partial charge >= 0.3 is 0 Å². The number of nitrogens with zero attached hydrogens (tertiary/aromatic N) is 1. The molecular weight excluding hydrogens is 290 g/mol. The van der Waals surface area contributed by atoms with Crippen LogP contribution in [0, 0.1) is 5.92 Å². The van der Waals surface area contributed by atoms with Crippen LogP contribution in [-0.4, -0.2) is 35.8 Å². The molecule has 1 aromatic carbocycles. The second-order valence-electron chi connectivity index (χ2n) is 6.21. The van der Waals surface area contributed by atoms with E-state index >= 15 is 0 Å². The normalized spacial score (nSPS) is 15.7. The van der Waals surface area contributed by atoms with Crippen LogP contribution in [0.4, 0.5) is 5.69 Å². The number of carbonyl (C=O) groups is 2. The van der Waals surface area contributed by atoms with Gasteiger partial charge in [0, 0.05) is 36.3 Å². The molecule has 23 heavy (non-hydrogen) atoms. The average Bonchev–Trinajstić information content (AvgIpc) is 2.57. The van der Waals surface area contributed by atoms with E-state index in [1.807, 2.05) is 4.90 Å². The first-order valence-corrected chi connectivity index (χ1v) is 8.50. The number of benzene rings is 1. The summed E-state index contributed by atoms with van der Waals surface area (Å²) in [5.74, 6) is 0.323. The second-order valence-corrected chi connectivity index (χ2v) is 6.21. The van der Waals surface area contributed by atoms with Crippen LogP contribution >= 0.6 is 0 Å². The van der Waals surface area contributed by atoms with Crippen LogP contribution in [0.15, 0.2) is 24.3 Å². The first-order valence-electron chi connectivity index (χ1n) is 8.50. The van der Waals surface area contributed by atoms with Gasteiger partial charge in [-0.1, -0.05) is 13.8 Å². The third kappa shape index (κ3) is 4.47. The van der Waals surface area contributed by atoms with Gasteiger partial charge in [0.05, 0.1) is 0 Å². The van der Waals surface area contributed by atoms with E-state index in [2.05, 4.69) is 19.2 Å². The number of rotatable bonds is 5. The molecule has 1 aromatic rings. The van der Waals surface area contributed by atoms with Crippen molar-refractivity contribution in [3.05, 3.63) is 29.8 Å². The van der Waals surface area contributed by atoms with Crippen molar-refractivity contribution in [1.82, 2.24) is 10.2 Å². The quantitative estimate of drug-likeness (QED) is 0.819. The molecule has 126 valence electrons. The van der Waals surface area contributed by atoms with Crippen molar-refractivity contribution in [2.24, 2.45) is 5.92 Å². The number of amides is 2. The van der Waals surface area contributed by atoms with E-state index < -0.39 is 0 Å². The Bertz CT molecular complexity index is 530. The monoisotopic (exact) mass is 317 g/mol. The molecule has 1 saturated heterocycles. The van der Waals surface area contributed by atoms with Gasteiger partial charge in [0.2, 0.25) is 5.91 Å². The number of nitrogen functional groups attached to an aromatic ring is 1. The molecule has 0 saturated carbocycles. The van der Waals surface area contributed by atoms with E-state index in [4.69, 9.17) is 5.73 Å².